The summed E-state index contributed by atoms with van der Waals surface area (Å²) in [6, 6.07) is 13.9. The van der Waals surface area contributed by atoms with Crippen molar-refractivity contribution in [3.8, 4) is 0 Å². The summed E-state index contributed by atoms with van der Waals surface area (Å²) in [5.41, 5.74) is 2.77. The van der Waals surface area contributed by atoms with Gasteiger partial charge in [-0.15, -0.1) is 0 Å². The molecule has 0 atom stereocenters. The number of nitrogens with zero attached hydrogens (tertiary/aromatic N) is 4. The second-order valence-electron chi connectivity index (χ2n) is 6.78. The Morgan fingerprint density at radius 2 is 1.61 bits per heavy atom. The predicted octanol–water partition coefficient (Wildman–Crippen LogP) is 5.54. The molecule has 0 saturated heterocycles. The monoisotopic (exact) mass is 518 g/mol. The molecule has 2 aromatic heterocycles. The van der Waals surface area contributed by atoms with Crippen LogP contribution in [0.5, 0.6) is 0 Å². The lowest BCUT2D eigenvalue weighted by Crippen LogP contribution is -2.19. The Balaban J connectivity index is 1.34. The summed E-state index contributed by atoms with van der Waals surface area (Å²) < 4.78 is 17.4. The number of hydrogen-bond donors (Lipinski definition) is 2. The molecule has 0 aliphatic rings. The van der Waals surface area contributed by atoms with Gasteiger partial charge in [0, 0.05) is 17.4 Å². The van der Waals surface area contributed by atoms with Crippen LogP contribution in [0.4, 0.5) is 15.9 Å². The van der Waals surface area contributed by atoms with Gasteiger partial charge in [-0.3, -0.25) is 9.36 Å². The number of aromatic nitrogens is 4. The van der Waals surface area contributed by atoms with E-state index in [2.05, 4.69) is 36.8 Å². The van der Waals surface area contributed by atoms with Crippen LogP contribution in [0.1, 0.15) is 11.1 Å². The van der Waals surface area contributed by atoms with Gasteiger partial charge in [0.25, 0.3) is 0 Å². The van der Waals surface area contributed by atoms with Crippen LogP contribution < -0.4 is 10.6 Å². The van der Waals surface area contributed by atoms with Crippen LogP contribution >= 0.6 is 39.7 Å². The molecule has 4 aromatic rings. The number of benzene rings is 2. The van der Waals surface area contributed by atoms with Crippen molar-refractivity contribution >= 4 is 56.4 Å². The van der Waals surface area contributed by atoms with E-state index in [9.17, 15) is 4.39 Å². The number of nitrogens with one attached hydrogen (secondary N) is 2. The van der Waals surface area contributed by atoms with Crippen molar-refractivity contribution in [2.45, 2.75) is 13.1 Å². The molecular weight excluding hydrogens is 503 g/mol. The molecule has 10 heteroatoms. The zero-order valence-corrected chi connectivity index (χ0v) is 19.3. The van der Waals surface area contributed by atoms with Crippen molar-refractivity contribution in [1.29, 1.82) is 0 Å². The Bertz CT molecular complexity index is 1190. The standard InChI is InChI=1S/C21H17BrClFN6S/c22-19-13-30(11-14-1-5-16(23)6-2-14)28-20(19)27-21(31)26-18-9-25-29(12-18)10-15-3-7-17(24)8-4-15/h1-9,12-13H,10-11H2,(H2,26,27,28,31). The lowest BCUT2D eigenvalue weighted by molar-refractivity contribution is 0.624. The number of anilines is 2. The maximum atomic E-state index is 13.0. The fraction of sp³-hybridized carbons (Fsp3) is 0.0952. The maximum Gasteiger partial charge on any atom is 0.176 e. The number of rotatable bonds is 6. The summed E-state index contributed by atoms with van der Waals surface area (Å²) in [7, 11) is 0. The molecule has 0 bridgehead atoms. The molecule has 0 aliphatic carbocycles. The molecule has 4 rings (SSSR count). The first kappa shape index (κ1) is 21.5. The molecule has 0 spiro atoms. The van der Waals surface area contributed by atoms with Gasteiger partial charge in [-0.1, -0.05) is 35.9 Å². The molecule has 0 amide bonds. The molecule has 31 heavy (non-hydrogen) atoms. The van der Waals surface area contributed by atoms with Crippen LogP contribution in [-0.2, 0) is 13.1 Å². The molecule has 2 aromatic carbocycles. The van der Waals surface area contributed by atoms with E-state index in [1.807, 2.05) is 36.7 Å². The van der Waals surface area contributed by atoms with Gasteiger partial charge in [-0.05, 0) is 63.5 Å². The van der Waals surface area contributed by atoms with Gasteiger partial charge in [0.15, 0.2) is 10.9 Å². The molecule has 6 nitrogen and oxygen atoms in total. The van der Waals surface area contributed by atoms with Gasteiger partial charge in [0.05, 0.1) is 29.4 Å². The van der Waals surface area contributed by atoms with Gasteiger partial charge in [0.1, 0.15) is 5.82 Å². The van der Waals surface area contributed by atoms with Gasteiger partial charge in [-0.2, -0.15) is 10.2 Å². The Kier molecular flexibility index (Phi) is 6.64. The average Bonchev–Trinajstić information content (AvgIpc) is 3.31. The lowest BCUT2D eigenvalue weighted by atomic mass is 10.2. The van der Waals surface area contributed by atoms with Crippen LogP contribution in [-0.4, -0.2) is 24.7 Å². The van der Waals surface area contributed by atoms with Gasteiger partial charge < -0.3 is 10.6 Å². The summed E-state index contributed by atoms with van der Waals surface area (Å²) in [5, 5.41) is 16.1. The Morgan fingerprint density at radius 1 is 0.968 bits per heavy atom. The van der Waals surface area contributed by atoms with Crippen molar-refractivity contribution in [3.05, 3.63) is 93.6 Å². The summed E-state index contributed by atoms with van der Waals surface area (Å²) in [6.45, 7) is 1.14. The minimum absolute atomic E-state index is 0.259. The van der Waals surface area contributed by atoms with Crippen molar-refractivity contribution < 1.29 is 4.39 Å². The van der Waals surface area contributed by atoms with Crippen LogP contribution in [0.3, 0.4) is 0 Å². The molecule has 2 heterocycles. The Morgan fingerprint density at radius 3 is 2.32 bits per heavy atom. The highest BCUT2D eigenvalue weighted by molar-refractivity contribution is 9.10. The molecule has 0 fully saturated rings. The fourth-order valence-corrected chi connectivity index (χ4v) is 3.66. The molecule has 0 unspecified atom stereocenters. The zero-order valence-electron chi connectivity index (χ0n) is 16.1. The Labute approximate surface area is 197 Å². The van der Waals surface area contributed by atoms with Gasteiger partial charge >= 0.3 is 0 Å². The summed E-state index contributed by atoms with van der Waals surface area (Å²) in [6.07, 6.45) is 5.37. The third-order valence-electron chi connectivity index (χ3n) is 4.36. The molecule has 2 N–H and O–H groups in total. The normalized spacial score (nSPS) is 10.8. The molecular formula is C21H17BrClFN6S. The summed E-state index contributed by atoms with van der Waals surface area (Å²) >= 11 is 14.8. The van der Waals surface area contributed by atoms with Crippen LogP contribution in [0.15, 0.2) is 71.6 Å². The van der Waals surface area contributed by atoms with E-state index in [-0.39, 0.29) is 5.82 Å². The highest BCUT2D eigenvalue weighted by atomic mass is 79.9. The third kappa shape index (κ3) is 5.90. The summed E-state index contributed by atoms with van der Waals surface area (Å²) in [5.74, 6) is 0.343. The second kappa shape index (κ2) is 9.59. The SMILES string of the molecule is Fc1ccc(Cn2cc(NC(=S)Nc3nn(Cc4ccc(Cl)cc4)cc3Br)cn2)cc1. The smallest absolute Gasteiger partial charge is 0.176 e. The number of halogens is 3. The highest BCUT2D eigenvalue weighted by Gasteiger charge is 2.10. The van der Waals surface area contributed by atoms with E-state index < -0.39 is 0 Å². The van der Waals surface area contributed by atoms with Gasteiger partial charge in [0.2, 0.25) is 0 Å². The first-order valence-corrected chi connectivity index (χ1v) is 10.8. The van der Waals surface area contributed by atoms with Crippen molar-refractivity contribution in [3.63, 3.8) is 0 Å². The van der Waals surface area contributed by atoms with Gasteiger partial charge in [-0.25, -0.2) is 4.39 Å². The minimum Gasteiger partial charge on any atom is -0.330 e. The van der Waals surface area contributed by atoms with Crippen LogP contribution in [0.25, 0.3) is 0 Å². The van der Waals surface area contributed by atoms with Crippen molar-refractivity contribution in [2.75, 3.05) is 10.6 Å². The first-order chi connectivity index (χ1) is 14.9. The van der Waals surface area contributed by atoms with E-state index in [0.29, 0.717) is 29.0 Å². The zero-order chi connectivity index (χ0) is 21.8. The lowest BCUT2D eigenvalue weighted by Gasteiger charge is -2.07. The third-order valence-corrected chi connectivity index (χ3v) is 5.39. The maximum absolute atomic E-state index is 13.0. The molecule has 0 saturated carbocycles. The second-order valence-corrected chi connectivity index (χ2v) is 8.48. The van der Waals surface area contributed by atoms with E-state index in [1.165, 1.54) is 12.1 Å². The van der Waals surface area contributed by atoms with Crippen molar-refractivity contribution in [2.24, 2.45) is 0 Å². The Hall–Kier alpha value is -2.75. The summed E-state index contributed by atoms with van der Waals surface area (Å²) in [4.78, 5) is 0. The topological polar surface area (TPSA) is 59.7 Å². The molecule has 0 aliphatic heterocycles. The average molecular weight is 520 g/mol. The highest BCUT2D eigenvalue weighted by Crippen LogP contribution is 2.21. The molecule has 158 valence electrons. The fourth-order valence-electron chi connectivity index (χ4n) is 2.90. The number of hydrogen-bond acceptors (Lipinski definition) is 3. The van der Waals surface area contributed by atoms with Crippen LogP contribution in [0.2, 0.25) is 5.02 Å². The first-order valence-electron chi connectivity index (χ1n) is 9.27. The van der Waals surface area contributed by atoms with E-state index in [1.54, 1.807) is 27.7 Å². The van der Waals surface area contributed by atoms with E-state index in [0.717, 1.165) is 21.3 Å². The minimum atomic E-state index is -0.259. The van der Waals surface area contributed by atoms with E-state index >= 15 is 0 Å². The number of thiocarbonyl (C=S) groups is 1. The van der Waals surface area contributed by atoms with Crippen LogP contribution in [0, 0.1) is 5.82 Å². The van der Waals surface area contributed by atoms with Crippen molar-refractivity contribution in [1.82, 2.24) is 19.6 Å². The predicted molar refractivity (Wildman–Crippen MR) is 128 cm³/mol. The molecule has 0 radical (unpaired) electrons. The quantitative estimate of drug-likeness (QED) is 0.328. The largest absolute Gasteiger partial charge is 0.330 e. The van der Waals surface area contributed by atoms with E-state index in [4.69, 9.17) is 23.8 Å².